The Kier molecular flexibility index (Phi) is 4.62. The molecule has 0 atom stereocenters. The van der Waals surface area contributed by atoms with Gasteiger partial charge in [-0.1, -0.05) is 12.1 Å². The summed E-state index contributed by atoms with van der Waals surface area (Å²) in [6.45, 7) is 3.75. The maximum Gasteiger partial charge on any atom is 0.224 e. The Morgan fingerprint density at radius 3 is 2.12 bits per heavy atom. The van der Waals surface area contributed by atoms with Crippen molar-refractivity contribution in [2.24, 2.45) is 0 Å². The molecule has 0 saturated heterocycles. The van der Waals surface area contributed by atoms with Gasteiger partial charge < -0.3 is 5.11 Å². The Morgan fingerprint density at radius 2 is 1.54 bits per heavy atom. The SMILES string of the molecule is Cc1cc(-c2ccc(C(=O)Sc3cncnc3)cc2)cc(C)c1O. The van der Waals surface area contributed by atoms with E-state index in [1.165, 1.54) is 6.33 Å². The fraction of sp³-hybridized carbons (Fsp3) is 0.105. The average Bonchev–Trinajstić information content (AvgIpc) is 2.60. The van der Waals surface area contributed by atoms with Crippen LogP contribution in [0.25, 0.3) is 11.1 Å². The number of hydrogen-bond donors (Lipinski definition) is 1. The molecule has 0 fully saturated rings. The summed E-state index contributed by atoms with van der Waals surface area (Å²) in [6, 6.07) is 11.3. The zero-order chi connectivity index (χ0) is 17.1. The molecule has 1 N–H and O–H groups in total. The van der Waals surface area contributed by atoms with Gasteiger partial charge in [0.1, 0.15) is 12.1 Å². The molecule has 2 aromatic carbocycles. The average molecular weight is 336 g/mol. The van der Waals surface area contributed by atoms with E-state index in [-0.39, 0.29) is 5.12 Å². The molecule has 0 aliphatic heterocycles. The van der Waals surface area contributed by atoms with Crippen molar-refractivity contribution in [1.82, 2.24) is 9.97 Å². The molecule has 5 heteroatoms. The number of thioether (sulfide) groups is 1. The van der Waals surface area contributed by atoms with Gasteiger partial charge in [0.2, 0.25) is 5.12 Å². The number of benzene rings is 2. The van der Waals surface area contributed by atoms with Crippen molar-refractivity contribution in [2.45, 2.75) is 18.7 Å². The molecule has 120 valence electrons. The van der Waals surface area contributed by atoms with Gasteiger partial charge in [-0.2, -0.15) is 0 Å². The first-order chi connectivity index (χ1) is 11.5. The molecule has 0 saturated carbocycles. The molecule has 0 unspecified atom stereocenters. The number of phenolic OH excluding ortho intramolecular Hbond substituents is 1. The minimum atomic E-state index is -0.0468. The first-order valence-corrected chi connectivity index (χ1v) is 8.24. The molecule has 0 amide bonds. The summed E-state index contributed by atoms with van der Waals surface area (Å²) in [5, 5.41) is 9.83. The summed E-state index contributed by atoms with van der Waals surface area (Å²) >= 11 is 1.11. The smallest absolute Gasteiger partial charge is 0.224 e. The quantitative estimate of drug-likeness (QED) is 0.718. The third-order valence-corrected chi connectivity index (χ3v) is 4.56. The third-order valence-electron chi connectivity index (χ3n) is 3.69. The Balaban J connectivity index is 1.82. The normalized spacial score (nSPS) is 10.6. The van der Waals surface area contributed by atoms with Crippen molar-refractivity contribution in [2.75, 3.05) is 0 Å². The maximum atomic E-state index is 12.3. The van der Waals surface area contributed by atoms with Crippen LogP contribution in [0, 0.1) is 13.8 Å². The summed E-state index contributed by atoms with van der Waals surface area (Å²) in [7, 11) is 0. The molecule has 3 aromatic rings. The molecule has 1 heterocycles. The second kappa shape index (κ2) is 6.84. The highest BCUT2D eigenvalue weighted by Gasteiger charge is 2.10. The zero-order valence-corrected chi connectivity index (χ0v) is 14.2. The summed E-state index contributed by atoms with van der Waals surface area (Å²) in [4.78, 5) is 20.8. The lowest BCUT2D eigenvalue weighted by Crippen LogP contribution is -1.94. The number of nitrogens with zero attached hydrogens (tertiary/aromatic N) is 2. The van der Waals surface area contributed by atoms with Crippen LogP contribution in [-0.4, -0.2) is 20.2 Å². The van der Waals surface area contributed by atoms with Crippen molar-refractivity contribution in [3.05, 3.63) is 71.8 Å². The van der Waals surface area contributed by atoms with Gasteiger partial charge in [-0.05, 0) is 72.1 Å². The molecular weight excluding hydrogens is 320 g/mol. The topological polar surface area (TPSA) is 63.1 Å². The van der Waals surface area contributed by atoms with Crippen molar-refractivity contribution in [3.8, 4) is 16.9 Å². The molecule has 0 radical (unpaired) electrons. The van der Waals surface area contributed by atoms with E-state index in [1.807, 2.05) is 50.2 Å². The highest BCUT2D eigenvalue weighted by molar-refractivity contribution is 8.14. The van der Waals surface area contributed by atoms with Crippen molar-refractivity contribution in [3.63, 3.8) is 0 Å². The standard InChI is InChI=1S/C19H16N2O2S/c1-12-7-16(8-13(2)18(12)22)14-3-5-15(6-4-14)19(23)24-17-9-20-11-21-10-17/h3-11,22H,1-2H3. The van der Waals surface area contributed by atoms with E-state index >= 15 is 0 Å². The Labute approximate surface area is 144 Å². The van der Waals surface area contributed by atoms with Crippen LogP contribution in [-0.2, 0) is 0 Å². The van der Waals surface area contributed by atoms with Gasteiger partial charge in [-0.3, -0.25) is 4.79 Å². The van der Waals surface area contributed by atoms with Crippen molar-refractivity contribution in [1.29, 1.82) is 0 Å². The molecule has 3 rings (SSSR count). The fourth-order valence-corrected chi connectivity index (χ4v) is 3.12. The van der Waals surface area contributed by atoms with Gasteiger partial charge in [-0.15, -0.1) is 0 Å². The predicted octanol–water partition coefficient (Wildman–Crippen LogP) is 4.40. The lowest BCUT2D eigenvalue weighted by atomic mass is 9.99. The number of hydrogen-bond acceptors (Lipinski definition) is 5. The van der Waals surface area contributed by atoms with Crippen LogP contribution in [0.15, 0.2) is 60.0 Å². The highest BCUT2D eigenvalue weighted by Crippen LogP contribution is 2.30. The van der Waals surface area contributed by atoms with E-state index in [9.17, 15) is 9.90 Å². The largest absolute Gasteiger partial charge is 0.507 e. The summed E-state index contributed by atoms with van der Waals surface area (Å²) < 4.78 is 0. The summed E-state index contributed by atoms with van der Waals surface area (Å²) in [5.74, 6) is 0.326. The minimum absolute atomic E-state index is 0.0468. The second-order valence-corrected chi connectivity index (χ2v) is 6.55. The number of rotatable bonds is 3. The number of phenols is 1. The van der Waals surface area contributed by atoms with Crippen molar-refractivity contribution < 1.29 is 9.90 Å². The Hall–Kier alpha value is -2.66. The molecule has 0 spiro atoms. The molecule has 24 heavy (non-hydrogen) atoms. The van der Waals surface area contributed by atoms with Crippen LogP contribution < -0.4 is 0 Å². The number of aromatic nitrogens is 2. The minimum Gasteiger partial charge on any atom is -0.507 e. The first kappa shape index (κ1) is 16.2. The lowest BCUT2D eigenvalue weighted by molar-refractivity contribution is 0.108. The van der Waals surface area contributed by atoms with E-state index in [1.54, 1.807) is 12.4 Å². The second-order valence-electron chi connectivity index (χ2n) is 5.50. The van der Waals surface area contributed by atoms with Crippen molar-refractivity contribution >= 4 is 16.9 Å². The Bertz CT molecular complexity index is 855. The van der Waals surface area contributed by atoms with E-state index in [0.29, 0.717) is 11.3 Å². The fourth-order valence-electron chi connectivity index (χ4n) is 2.43. The van der Waals surface area contributed by atoms with Gasteiger partial charge in [-0.25, -0.2) is 9.97 Å². The molecule has 0 aliphatic rings. The van der Waals surface area contributed by atoms with Gasteiger partial charge in [0.05, 0.1) is 4.90 Å². The first-order valence-electron chi connectivity index (χ1n) is 7.42. The third kappa shape index (κ3) is 3.46. The summed E-state index contributed by atoms with van der Waals surface area (Å²) in [6.07, 6.45) is 4.67. The van der Waals surface area contributed by atoms with Crippen LogP contribution >= 0.6 is 11.8 Å². The van der Waals surface area contributed by atoms with Crippen LogP contribution in [0.3, 0.4) is 0 Å². The number of aryl methyl sites for hydroxylation is 2. The van der Waals surface area contributed by atoms with E-state index < -0.39 is 0 Å². The van der Waals surface area contributed by atoms with E-state index in [2.05, 4.69) is 9.97 Å². The number of carbonyl (C=O) groups is 1. The van der Waals surface area contributed by atoms with Gasteiger partial charge >= 0.3 is 0 Å². The highest BCUT2D eigenvalue weighted by atomic mass is 32.2. The van der Waals surface area contributed by atoms with Gasteiger partial charge in [0, 0.05) is 18.0 Å². The number of carbonyl (C=O) groups excluding carboxylic acids is 1. The van der Waals surface area contributed by atoms with Crippen LogP contribution in [0.5, 0.6) is 5.75 Å². The van der Waals surface area contributed by atoms with Gasteiger partial charge in [0.15, 0.2) is 0 Å². The molecular formula is C19H16N2O2S. The van der Waals surface area contributed by atoms with E-state index in [4.69, 9.17) is 0 Å². The molecule has 4 nitrogen and oxygen atoms in total. The van der Waals surface area contributed by atoms with Crippen LogP contribution in [0.4, 0.5) is 0 Å². The zero-order valence-electron chi connectivity index (χ0n) is 13.4. The van der Waals surface area contributed by atoms with E-state index in [0.717, 1.165) is 38.9 Å². The summed E-state index contributed by atoms with van der Waals surface area (Å²) in [5.41, 5.74) is 4.33. The monoisotopic (exact) mass is 336 g/mol. The molecule has 1 aromatic heterocycles. The van der Waals surface area contributed by atoms with Crippen LogP contribution in [0.2, 0.25) is 0 Å². The molecule has 0 bridgehead atoms. The number of aromatic hydroxyl groups is 1. The van der Waals surface area contributed by atoms with Gasteiger partial charge in [0.25, 0.3) is 0 Å². The lowest BCUT2D eigenvalue weighted by Gasteiger charge is -2.09. The maximum absolute atomic E-state index is 12.3. The molecule has 0 aliphatic carbocycles. The Morgan fingerprint density at radius 1 is 0.958 bits per heavy atom. The van der Waals surface area contributed by atoms with Crippen LogP contribution in [0.1, 0.15) is 21.5 Å². The predicted molar refractivity (Wildman–Crippen MR) is 95.2 cm³/mol.